The molecule has 1 aliphatic rings. The fourth-order valence-electron chi connectivity index (χ4n) is 1.88. The molecule has 1 aliphatic heterocycles. The van der Waals surface area contributed by atoms with Crippen molar-refractivity contribution in [1.29, 1.82) is 0 Å². The number of ether oxygens (including phenoxy) is 1. The van der Waals surface area contributed by atoms with Gasteiger partial charge in [0.05, 0.1) is 24.5 Å². The molecule has 0 bridgehead atoms. The molecule has 0 spiro atoms. The van der Waals surface area contributed by atoms with E-state index in [2.05, 4.69) is 5.32 Å². The number of amides is 1. The number of aliphatic hydroxyl groups excluding tert-OH is 4. The summed E-state index contributed by atoms with van der Waals surface area (Å²) in [4.78, 5) is 11.1. The van der Waals surface area contributed by atoms with Crippen molar-refractivity contribution in [3.63, 3.8) is 0 Å². The SMILES string of the molecule is CC(=O)N[C@@H]1C(O)C=C(C)OC1[C@H](O)[C@H](O)CO. The molecule has 5 atom stereocenters. The first-order chi connectivity index (χ1) is 8.36. The standard InChI is InChI=1S/C11H19NO6/c1-5-3-7(15)9(12-6(2)14)11(18-5)10(17)8(16)4-13/h3,7-11,13,15-17H,4H2,1-2H3,(H,12,14)/t7?,8-,9-,10-,11?/m1/s1. The molecule has 7 heteroatoms. The predicted molar refractivity (Wildman–Crippen MR) is 61.3 cm³/mol. The normalized spacial score (nSPS) is 31.0. The van der Waals surface area contributed by atoms with Crippen LogP contribution in [0.4, 0.5) is 0 Å². The fraction of sp³-hybridized carbons (Fsp3) is 0.727. The smallest absolute Gasteiger partial charge is 0.217 e. The minimum absolute atomic E-state index is 0.373. The lowest BCUT2D eigenvalue weighted by molar-refractivity contribution is -0.131. The Kier molecular flexibility index (Phi) is 5.09. The molecule has 0 aromatic carbocycles. The van der Waals surface area contributed by atoms with Crippen LogP contribution in [0.5, 0.6) is 0 Å². The average molecular weight is 261 g/mol. The maximum absolute atomic E-state index is 11.1. The van der Waals surface area contributed by atoms with Gasteiger partial charge in [-0.3, -0.25) is 4.79 Å². The monoisotopic (exact) mass is 261 g/mol. The van der Waals surface area contributed by atoms with Crippen molar-refractivity contribution in [3.05, 3.63) is 11.8 Å². The number of aliphatic hydroxyl groups is 4. The van der Waals surface area contributed by atoms with E-state index in [0.717, 1.165) is 0 Å². The second-order valence-corrected chi connectivity index (χ2v) is 4.32. The third kappa shape index (κ3) is 3.42. The topological polar surface area (TPSA) is 119 Å². The van der Waals surface area contributed by atoms with E-state index in [9.17, 15) is 20.1 Å². The van der Waals surface area contributed by atoms with Crippen molar-refractivity contribution >= 4 is 5.91 Å². The van der Waals surface area contributed by atoms with Gasteiger partial charge in [0.15, 0.2) is 0 Å². The molecule has 0 saturated heterocycles. The van der Waals surface area contributed by atoms with Gasteiger partial charge in [-0.1, -0.05) is 0 Å². The van der Waals surface area contributed by atoms with Gasteiger partial charge in [0.1, 0.15) is 18.3 Å². The molecule has 18 heavy (non-hydrogen) atoms. The average Bonchev–Trinajstić information content (AvgIpc) is 2.29. The lowest BCUT2D eigenvalue weighted by Gasteiger charge is -2.38. The molecule has 0 fully saturated rings. The summed E-state index contributed by atoms with van der Waals surface area (Å²) in [5.41, 5.74) is 0. The number of allylic oxidation sites excluding steroid dienone is 1. The highest BCUT2D eigenvalue weighted by Gasteiger charge is 2.40. The molecule has 0 aromatic heterocycles. The Labute approximate surface area is 105 Å². The van der Waals surface area contributed by atoms with Crippen molar-refractivity contribution in [2.75, 3.05) is 6.61 Å². The van der Waals surface area contributed by atoms with Gasteiger partial charge >= 0.3 is 0 Å². The molecule has 0 aromatic rings. The van der Waals surface area contributed by atoms with Crippen LogP contribution in [0.3, 0.4) is 0 Å². The molecule has 1 rings (SSSR count). The van der Waals surface area contributed by atoms with Crippen LogP contribution < -0.4 is 5.32 Å². The first-order valence-corrected chi connectivity index (χ1v) is 5.64. The zero-order valence-corrected chi connectivity index (χ0v) is 10.3. The number of carbonyl (C=O) groups excluding carboxylic acids is 1. The van der Waals surface area contributed by atoms with Gasteiger partial charge in [0, 0.05) is 6.92 Å². The predicted octanol–water partition coefficient (Wildman–Crippen LogP) is -2.13. The number of nitrogens with one attached hydrogen (secondary N) is 1. The van der Waals surface area contributed by atoms with Crippen molar-refractivity contribution in [2.24, 2.45) is 0 Å². The van der Waals surface area contributed by atoms with Gasteiger partial charge in [-0.05, 0) is 13.0 Å². The van der Waals surface area contributed by atoms with Crippen LogP contribution in [-0.2, 0) is 9.53 Å². The van der Waals surface area contributed by atoms with E-state index in [4.69, 9.17) is 9.84 Å². The van der Waals surface area contributed by atoms with Crippen molar-refractivity contribution in [2.45, 2.75) is 44.3 Å². The first-order valence-electron chi connectivity index (χ1n) is 5.64. The summed E-state index contributed by atoms with van der Waals surface area (Å²) < 4.78 is 5.32. The Balaban J connectivity index is 2.90. The highest BCUT2D eigenvalue weighted by Crippen LogP contribution is 2.22. The third-order valence-electron chi connectivity index (χ3n) is 2.74. The van der Waals surface area contributed by atoms with Gasteiger partial charge in [-0.15, -0.1) is 0 Å². The third-order valence-corrected chi connectivity index (χ3v) is 2.74. The molecule has 0 saturated carbocycles. The van der Waals surface area contributed by atoms with E-state index in [1.54, 1.807) is 6.92 Å². The molecule has 1 amide bonds. The lowest BCUT2D eigenvalue weighted by Crippen LogP contribution is -2.59. The zero-order valence-electron chi connectivity index (χ0n) is 10.3. The van der Waals surface area contributed by atoms with E-state index in [1.807, 2.05) is 0 Å². The molecule has 7 nitrogen and oxygen atoms in total. The number of hydrogen-bond acceptors (Lipinski definition) is 6. The van der Waals surface area contributed by atoms with Crippen LogP contribution in [-0.4, -0.2) is 63.4 Å². The maximum atomic E-state index is 11.1. The van der Waals surface area contributed by atoms with Crippen LogP contribution in [0, 0.1) is 0 Å². The second-order valence-electron chi connectivity index (χ2n) is 4.32. The lowest BCUT2D eigenvalue weighted by atomic mass is 9.94. The highest BCUT2D eigenvalue weighted by molar-refractivity contribution is 5.73. The minimum atomic E-state index is -1.43. The van der Waals surface area contributed by atoms with E-state index >= 15 is 0 Å². The number of hydrogen-bond donors (Lipinski definition) is 5. The van der Waals surface area contributed by atoms with E-state index in [0.29, 0.717) is 5.76 Å². The summed E-state index contributed by atoms with van der Waals surface area (Å²) in [6, 6.07) is -0.887. The van der Waals surface area contributed by atoms with Crippen molar-refractivity contribution < 1.29 is 30.0 Å². The van der Waals surface area contributed by atoms with Crippen LogP contribution in [0.15, 0.2) is 11.8 Å². The van der Waals surface area contributed by atoms with Crippen molar-refractivity contribution in [1.82, 2.24) is 5.32 Å². The summed E-state index contributed by atoms with van der Waals surface area (Å²) in [5.74, 6) is -0.0235. The molecule has 104 valence electrons. The van der Waals surface area contributed by atoms with Gasteiger partial charge in [-0.25, -0.2) is 0 Å². The maximum Gasteiger partial charge on any atom is 0.217 e. The molecule has 2 unspecified atom stereocenters. The van der Waals surface area contributed by atoms with Gasteiger partial charge in [0.2, 0.25) is 5.91 Å². The Morgan fingerprint density at radius 2 is 2.17 bits per heavy atom. The summed E-state index contributed by atoms with van der Waals surface area (Å²) in [7, 11) is 0. The summed E-state index contributed by atoms with van der Waals surface area (Å²) in [5, 5.41) is 40.3. The Morgan fingerprint density at radius 1 is 1.56 bits per heavy atom. The first kappa shape index (κ1) is 14.9. The summed E-state index contributed by atoms with van der Waals surface area (Å²) in [6.07, 6.45) is -3.51. The molecule has 0 aliphatic carbocycles. The number of carbonyl (C=O) groups is 1. The molecular weight excluding hydrogens is 242 g/mol. The minimum Gasteiger partial charge on any atom is -0.490 e. The largest absolute Gasteiger partial charge is 0.490 e. The second kappa shape index (κ2) is 6.14. The summed E-state index contributed by atoms with van der Waals surface area (Å²) in [6.45, 7) is 2.20. The van der Waals surface area contributed by atoms with Gasteiger partial charge in [-0.2, -0.15) is 0 Å². The van der Waals surface area contributed by atoms with Gasteiger partial charge < -0.3 is 30.5 Å². The molecule has 5 N–H and O–H groups in total. The Hall–Kier alpha value is -1.15. The van der Waals surface area contributed by atoms with Crippen LogP contribution in [0.25, 0.3) is 0 Å². The Bertz CT molecular complexity index is 331. The summed E-state index contributed by atoms with van der Waals surface area (Å²) >= 11 is 0. The zero-order chi connectivity index (χ0) is 13.9. The van der Waals surface area contributed by atoms with Crippen LogP contribution in [0.1, 0.15) is 13.8 Å². The molecule has 1 heterocycles. The van der Waals surface area contributed by atoms with Crippen LogP contribution >= 0.6 is 0 Å². The van der Waals surface area contributed by atoms with E-state index in [-0.39, 0.29) is 0 Å². The van der Waals surface area contributed by atoms with E-state index in [1.165, 1.54) is 13.0 Å². The van der Waals surface area contributed by atoms with Crippen molar-refractivity contribution in [3.8, 4) is 0 Å². The van der Waals surface area contributed by atoms with E-state index < -0.39 is 43.0 Å². The molecule has 0 radical (unpaired) electrons. The fourth-order valence-corrected chi connectivity index (χ4v) is 1.88. The van der Waals surface area contributed by atoms with Crippen LogP contribution in [0.2, 0.25) is 0 Å². The molecular formula is C11H19NO6. The number of rotatable bonds is 4. The highest BCUT2D eigenvalue weighted by atomic mass is 16.5. The quantitative estimate of drug-likeness (QED) is 0.394. The Morgan fingerprint density at radius 3 is 2.67 bits per heavy atom. The van der Waals surface area contributed by atoms with Gasteiger partial charge in [0.25, 0.3) is 0 Å².